The second kappa shape index (κ2) is 6.21. The first-order valence-electron chi connectivity index (χ1n) is 7.35. The van der Waals surface area contributed by atoms with Crippen LogP contribution in [0.4, 0.5) is 5.69 Å². The van der Waals surface area contributed by atoms with E-state index in [1.165, 1.54) is 19.2 Å². The summed E-state index contributed by atoms with van der Waals surface area (Å²) in [6, 6.07) is 10.9. The molecule has 0 saturated carbocycles. The summed E-state index contributed by atoms with van der Waals surface area (Å²) >= 11 is 0. The fourth-order valence-electron chi connectivity index (χ4n) is 2.92. The molecule has 0 fully saturated rings. The zero-order valence-electron chi connectivity index (χ0n) is 12.9. The molecule has 8 heteroatoms. The van der Waals surface area contributed by atoms with Gasteiger partial charge in [0.25, 0.3) is 5.69 Å². The van der Waals surface area contributed by atoms with Crippen molar-refractivity contribution in [1.82, 2.24) is 4.72 Å². The van der Waals surface area contributed by atoms with Crippen LogP contribution in [0.1, 0.15) is 23.6 Å². The molecule has 1 aliphatic rings. The number of nitrogens with one attached hydrogen (secondary N) is 1. The zero-order valence-corrected chi connectivity index (χ0v) is 13.7. The SMILES string of the molecule is COc1ccc(S(=O)(=O)NC2CCc3ccccc32)c([N+](=O)[O-])c1. The Morgan fingerprint density at radius 2 is 2.00 bits per heavy atom. The summed E-state index contributed by atoms with van der Waals surface area (Å²) < 4.78 is 32.9. The zero-order chi connectivity index (χ0) is 17.3. The first-order valence-corrected chi connectivity index (χ1v) is 8.83. The fraction of sp³-hybridized carbons (Fsp3) is 0.250. The second-order valence-electron chi connectivity index (χ2n) is 5.50. The number of hydrogen-bond donors (Lipinski definition) is 1. The third-order valence-corrected chi connectivity index (χ3v) is 5.60. The summed E-state index contributed by atoms with van der Waals surface area (Å²) in [5.74, 6) is 0.229. The van der Waals surface area contributed by atoms with Crippen LogP contribution < -0.4 is 9.46 Å². The summed E-state index contributed by atoms with van der Waals surface area (Å²) in [4.78, 5) is 10.1. The van der Waals surface area contributed by atoms with Crippen LogP contribution in [0.5, 0.6) is 5.75 Å². The average Bonchev–Trinajstić information content (AvgIpc) is 2.97. The van der Waals surface area contributed by atoms with Crippen LogP contribution >= 0.6 is 0 Å². The number of nitro benzene ring substituents is 1. The van der Waals surface area contributed by atoms with Crippen molar-refractivity contribution >= 4 is 15.7 Å². The Bertz CT molecular complexity index is 895. The Morgan fingerprint density at radius 3 is 2.71 bits per heavy atom. The van der Waals surface area contributed by atoms with Crippen molar-refractivity contribution in [2.45, 2.75) is 23.8 Å². The largest absolute Gasteiger partial charge is 0.497 e. The van der Waals surface area contributed by atoms with Gasteiger partial charge in [-0.3, -0.25) is 10.1 Å². The summed E-state index contributed by atoms with van der Waals surface area (Å²) in [6.07, 6.45) is 1.40. The van der Waals surface area contributed by atoms with E-state index >= 15 is 0 Å². The lowest BCUT2D eigenvalue weighted by Gasteiger charge is -2.15. The Balaban J connectivity index is 1.96. The van der Waals surface area contributed by atoms with Crippen molar-refractivity contribution in [3.05, 3.63) is 63.7 Å². The van der Waals surface area contributed by atoms with E-state index in [1.54, 1.807) is 0 Å². The summed E-state index contributed by atoms with van der Waals surface area (Å²) in [7, 11) is -2.67. The molecule has 0 saturated heterocycles. The number of nitro groups is 1. The van der Waals surface area contributed by atoms with Gasteiger partial charge in [-0.05, 0) is 36.1 Å². The summed E-state index contributed by atoms with van der Waals surface area (Å²) in [5, 5.41) is 11.2. The molecule has 2 aromatic rings. The maximum Gasteiger partial charge on any atom is 0.293 e. The molecule has 24 heavy (non-hydrogen) atoms. The van der Waals surface area contributed by atoms with Gasteiger partial charge in [0.1, 0.15) is 5.75 Å². The highest BCUT2D eigenvalue weighted by Crippen LogP contribution is 2.34. The van der Waals surface area contributed by atoms with Crippen LogP contribution in [0.3, 0.4) is 0 Å². The van der Waals surface area contributed by atoms with Crippen molar-refractivity contribution in [3.8, 4) is 5.75 Å². The topological polar surface area (TPSA) is 98.5 Å². The summed E-state index contributed by atoms with van der Waals surface area (Å²) in [5.41, 5.74) is 1.50. The molecule has 0 aliphatic heterocycles. The number of benzene rings is 2. The smallest absolute Gasteiger partial charge is 0.293 e. The number of fused-ring (bicyclic) bond motifs is 1. The monoisotopic (exact) mass is 348 g/mol. The minimum atomic E-state index is -4.03. The Labute approximate surface area is 139 Å². The van der Waals surface area contributed by atoms with Gasteiger partial charge in [-0.2, -0.15) is 0 Å². The number of rotatable bonds is 5. The number of methoxy groups -OCH3 is 1. The van der Waals surface area contributed by atoms with Gasteiger partial charge in [0.15, 0.2) is 4.90 Å². The molecular formula is C16H16N2O5S. The molecule has 126 valence electrons. The molecule has 0 heterocycles. The quantitative estimate of drug-likeness (QED) is 0.661. The molecule has 7 nitrogen and oxygen atoms in total. The molecule has 1 aliphatic carbocycles. The van der Waals surface area contributed by atoms with Crippen LogP contribution in [0.25, 0.3) is 0 Å². The molecule has 1 atom stereocenters. The molecule has 0 radical (unpaired) electrons. The molecule has 1 N–H and O–H groups in total. The number of ether oxygens (including phenoxy) is 1. The lowest BCUT2D eigenvalue weighted by atomic mass is 10.1. The third kappa shape index (κ3) is 2.98. The number of hydrogen-bond acceptors (Lipinski definition) is 5. The van der Waals surface area contributed by atoms with E-state index in [0.29, 0.717) is 6.42 Å². The highest BCUT2D eigenvalue weighted by atomic mass is 32.2. The van der Waals surface area contributed by atoms with Crippen molar-refractivity contribution in [2.75, 3.05) is 7.11 Å². The number of nitrogens with zero attached hydrogens (tertiary/aromatic N) is 1. The third-order valence-electron chi connectivity index (χ3n) is 4.08. The second-order valence-corrected chi connectivity index (χ2v) is 7.18. The van der Waals surface area contributed by atoms with Crippen molar-refractivity contribution in [2.24, 2.45) is 0 Å². The maximum absolute atomic E-state index is 12.7. The Morgan fingerprint density at radius 1 is 1.25 bits per heavy atom. The lowest BCUT2D eigenvalue weighted by Crippen LogP contribution is -2.28. The van der Waals surface area contributed by atoms with E-state index in [9.17, 15) is 18.5 Å². The summed E-state index contributed by atoms with van der Waals surface area (Å²) in [6.45, 7) is 0. The number of aryl methyl sites for hydroxylation is 1. The highest BCUT2D eigenvalue weighted by molar-refractivity contribution is 7.89. The first-order chi connectivity index (χ1) is 11.4. The van der Waals surface area contributed by atoms with E-state index in [-0.39, 0.29) is 16.7 Å². The van der Waals surface area contributed by atoms with Crippen LogP contribution in [0.15, 0.2) is 47.4 Å². The standard InChI is InChI=1S/C16H16N2O5S/c1-23-12-7-9-16(15(10-12)18(19)20)24(21,22)17-14-8-6-11-4-2-3-5-13(11)14/h2-5,7,9-10,14,17H,6,8H2,1H3. The molecular weight excluding hydrogens is 332 g/mol. The highest BCUT2D eigenvalue weighted by Gasteiger charge is 2.31. The minimum Gasteiger partial charge on any atom is -0.497 e. The van der Waals surface area contributed by atoms with Crippen LogP contribution in [0.2, 0.25) is 0 Å². The van der Waals surface area contributed by atoms with Crippen LogP contribution in [-0.4, -0.2) is 20.5 Å². The molecule has 3 rings (SSSR count). The van der Waals surface area contributed by atoms with Crippen molar-refractivity contribution in [1.29, 1.82) is 0 Å². The molecule has 0 aromatic heterocycles. The van der Waals surface area contributed by atoms with E-state index in [2.05, 4.69) is 4.72 Å². The Hall–Kier alpha value is -2.45. The van der Waals surface area contributed by atoms with Gasteiger partial charge >= 0.3 is 0 Å². The van der Waals surface area contributed by atoms with Crippen molar-refractivity contribution < 1.29 is 18.1 Å². The normalized spacial score (nSPS) is 16.6. The van der Waals surface area contributed by atoms with E-state index in [1.807, 2.05) is 24.3 Å². The average molecular weight is 348 g/mol. The van der Waals surface area contributed by atoms with Gasteiger partial charge in [-0.25, -0.2) is 13.1 Å². The maximum atomic E-state index is 12.7. The van der Waals surface area contributed by atoms with Gasteiger partial charge in [-0.1, -0.05) is 24.3 Å². The predicted molar refractivity (Wildman–Crippen MR) is 87.5 cm³/mol. The van der Waals surface area contributed by atoms with E-state index in [0.717, 1.165) is 23.6 Å². The molecule has 2 aromatic carbocycles. The lowest BCUT2D eigenvalue weighted by molar-refractivity contribution is -0.387. The van der Waals surface area contributed by atoms with Gasteiger partial charge in [0.2, 0.25) is 10.0 Å². The van der Waals surface area contributed by atoms with Crippen LogP contribution in [0, 0.1) is 10.1 Å². The van der Waals surface area contributed by atoms with Gasteiger partial charge in [0, 0.05) is 6.04 Å². The van der Waals surface area contributed by atoms with Crippen LogP contribution in [-0.2, 0) is 16.4 Å². The van der Waals surface area contributed by atoms with Gasteiger partial charge < -0.3 is 4.74 Å². The molecule has 1 unspecified atom stereocenters. The number of sulfonamides is 1. The fourth-order valence-corrected chi connectivity index (χ4v) is 4.33. The van der Waals surface area contributed by atoms with E-state index < -0.39 is 20.6 Å². The first kappa shape index (κ1) is 16.4. The van der Waals surface area contributed by atoms with Gasteiger partial charge in [-0.15, -0.1) is 0 Å². The molecule has 0 amide bonds. The van der Waals surface area contributed by atoms with Crippen molar-refractivity contribution in [3.63, 3.8) is 0 Å². The Kier molecular flexibility index (Phi) is 4.25. The predicted octanol–water partition coefficient (Wildman–Crippen LogP) is 2.57. The van der Waals surface area contributed by atoms with Gasteiger partial charge in [0.05, 0.1) is 18.1 Å². The minimum absolute atomic E-state index is 0.229. The molecule has 0 spiro atoms. The van der Waals surface area contributed by atoms with E-state index in [4.69, 9.17) is 4.74 Å². The molecule has 0 bridgehead atoms.